The van der Waals surface area contributed by atoms with E-state index >= 15 is 0 Å². The van der Waals surface area contributed by atoms with E-state index < -0.39 is 6.03 Å². The molecule has 150 valence electrons. The van der Waals surface area contributed by atoms with Crippen molar-refractivity contribution in [2.45, 2.75) is 13.8 Å². The average Bonchev–Trinajstić information content (AvgIpc) is 3.16. The van der Waals surface area contributed by atoms with Gasteiger partial charge >= 0.3 is 6.03 Å². The SMILES string of the molecule is Cc1ccc2nc(-c3ccc(NC(=O)NSC(=O)c4ccccc4C)cc3)oc2c1. The lowest BCUT2D eigenvalue weighted by atomic mass is 10.1. The molecule has 2 amide bonds. The maximum atomic E-state index is 12.2. The predicted molar refractivity (Wildman–Crippen MR) is 119 cm³/mol. The molecule has 0 bridgehead atoms. The van der Waals surface area contributed by atoms with Crippen molar-refractivity contribution in [1.29, 1.82) is 0 Å². The fourth-order valence-corrected chi connectivity index (χ4v) is 3.53. The number of nitrogens with zero attached hydrogens (tertiary/aromatic N) is 1. The quantitative estimate of drug-likeness (QED) is 0.416. The van der Waals surface area contributed by atoms with Gasteiger partial charge in [-0.2, -0.15) is 0 Å². The Morgan fingerprint density at radius 2 is 1.73 bits per heavy atom. The molecule has 0 unspecified atom stereocenters. The van der Waals surface area contributed by atoms with Gasteiger partial charge in [-0.05, 0) is 61.4 Å². The Hall–Kier alpha value is -3.58. The molecule has 6 nitrogen and oxygen atoms in total. The van der Waals surface area contributed by atoms with Crippen molar-refractivity contribution in [3.8, 4) is 11.5 Å². The number of hydrogen-bond acceptors (Lipinski definition) is 5. The lowest BCUT2D eigenvalue weighted by Crippen LogP contribution is -2.24. The second-order valence-electron chi connectivity index (χ2n) is 6.83. The third-order valence-electron chi connectivity index (χ3n) is 4.54. The van der Waals surface area contributed by atoms with E-state index in [1.165, 1.54) is 0 Å². The first-order chi connectivity index (χ1) is 14.5. The van der Waals surface area contributed by atoms with Crippen LogP contribution in [0, 0.1) is 13.8 Å². The predicted octanol–water partition coefficient (Wildman–Crippen LogP) is 5.72. The summed E-state index contributed by atoms with van der Waals surface area (Å²) in [4.78, 5) is 28.8. The summed E-state index contributed by atoms with van der Waals surface area (Å²) in [5.41, 5.74) is 5.47. The van der Waals surface area contributed by atoms with Gasteiger partial charge in [-0.3, -0.25) is 9.52 Å². The number of benzene rings is 3. The van der Waals surface area contributed by atoms with Gasteiger partial charge in [-0.25, -0.2) is 9.78 Å². The van der Waals surface area contributed by atoms with Crippen LogP contribution in [-0.2, 0) is 0 Å². The van der Waals surface area contributed by atoms with Crippen molar-refractivity contribution in [1.82, 2.24) is 9.71 Å². The molecule has 0 aliphatic carbocycles. The minimum Gasteiger partial charge on any atom is -0.436 e. The van der Waals surface area contributed by atoms with Crippen LogP contribution in [0.2, 0.25) is 0 Å². The Bertz CT molecular complexity index is 1230. The van der Waals surface area contributed by atoms with E-state index in [9.17, 15) is 9.59 Å². The van der Waals surface area contributed by atoms with E-state index in [0.29, 0.717) is 17.1 Å². The molecule has 0 saturated heterocycles. The highest BCUT2D eigenvalue weighted by Crippen LogP contribution is 2.26. The third kappa shape index (κ3) is 4.36. The van der Waals surface area contributed by atoms with Crippen LogP contribution in [0.1, 0.15) is 21.5 Å². The first-order valence-electron chi connectivity index (χ1n) is 9.31. The van der Waals surface area contributed by atoms with E-state index in [4.69, 9.17) is 4.42 Å². The first-order valence-corrected chi connectivity index (χ1v) is 10.1. The van der Waals surface area contributed by atoms with Crippen LogP contribution >= 0.6 is 11.9 Å². The number of carbonyl (C=O) groups is 2. The molecule has 0 atom stereocenters. The Labute approximate surface area is 177 Å². The van der Waals surface area contributed by atoms with Crippen LogP contribution in [0.4, 0.5) is 10.5 Å². The van der Waals surface area contributed by atoms with Crippen molar-refractivity contribution in [3.63, 3.8) is 0 Å². The maximum absolute atomic E-state index is 12.2. The van der Waals surface area contributed by atoms with Crippen LogP contribution < -0.4 is 10.0 Å². The van der Waals surface area contributed by atoms with E-state index in [2.05, 4.69) is 15.0 Å². The molecule has 0 aliphatic heterocycles. The minimum atomic E-state index is -0.480. The van der Waals surface area contributed by atoms with Gasteiger partial charge in [0.25, 0.3) is 0 Å². The molecule has 4 rings (SSSR count). The van der Waals surface area contributed by atoms with Crippen molar-refractivity contribution >= 4 is 39.9 Å². The zero-order valence-electron chi connectivity index (χ0n) is 16.4. The summed E-state index contributed by atoms with van der Waals surface area (Å²) in [5.74, 6) is 0.519. The van der Waals surface area contributed by atoms with Crippen molar-refractivity contribution < 1.29 is 14.0 Å². The van der Waals surface area contributed by atoms with Crippen LogP contribution in [0.3, 0.4) is 0 Å². The number of urea groups is 1. The fourth-order valence-electron chi connectivity index (χ4n) is 2.96. The molecule has 0 fully saturated rings. The average molecular weight is 417 g/mol. The number of anilines is 1. The molecule has 4 aromatic rings. The van der Waals surface area contributed by atoms with Gasteiger partial charge in [0.2, 0.25) is 11.0 Å². The van der Waals surface area contributed by atoms with Gasteiger partial charge in [0.05, 0.1) is 0 Å². The van der Waals surface area contributed by atoms with Gasteiger partial charge < -0.3 is 9.73 Å². The van der Waals surface area contributed by atoms with Crippen LogP contribution in [-0.4, -0.2) is 16.1 Å². The summed E-state index contributed by atoms with van der Waals surface area (Å²) < 4.78 is 8.33. The lowest BCUT2D eigenvalue weighted by Gasteiger charge is -2.07. The highest BCUT2D eigenvalue weighted by atomic mass is 32.2. The number of amides is 2. The number of fused-ring (bicyclic) bond motifs is 1. The van der Waals surface area contributed by atoms with Crippen LogP contribution in [0.25, 0.3) is 22.6 Å². The second-order valence-corrected chi connectivity index (χ2v) is 7.61. The largest absolute Gasteiger partial charge is 0.436 e. The standard InChI is InChI=1S/C23H19N3O3S/c1-14-7-12-19-20(13-14)29-21(25-19)16-8-10-17(11-9-16)24-23(28)26-30-22(27)18-6-4-3-5-15(18)2/h3-13H,1-2H3,(H2,24,26,28). The summed E-state index contributed by atoms with van der Waals surface area (Å²) in [6, 6.07) is 19.8. The summed E-state index contributed by atoms with van der Waals surface area (Å²) in [6.07, 6.45) is 0. The summed E-state index contributed by atoms with van der Waals surface area (Å²) in [7, 11) is 0. The van der Waals surface area contributed by atoms with Crippen molar-refractivity contribution in [2.24, 2.45) is 0 Å². The molecule has 3 aromatic carbocycles. The van der Waals surface area contributed by atoms with Crippen molar-refractivity contribution in [2.75, 3.05) is 5.32 Å². The number of carbonyl (C=O) groups excluding carboxylic acids is 2. The lowest BCUT2D eigenvalue weighted by molar-refractivity contribution is 0.108. The van der Waals surface area contributed by atoms with Gasteiger partial charge in [0, 0.05) is 28.8 Å². The molecule has 0 radical (unpaired) electrons. The first kappa shape index (κ1) is 19.7. The van der Waals surface area contributed by atoms with E-state index in [1.54, 1.807) is 24.3 Å². The number of oxazole rings is 1. The van der Waals surface area contributed by atoms with Gasteiger partial charge in [0.15, 0.2) is 5.58 Å². The van der Waals surface area contributed by atoms with Crippen LogP contribution in [0.15, 0.2) is 71.1 Å². The highest BCUT2D eigenvalue weighted by molar-refractivity contribution is 8.12. The zero-order chi connectivity index (χ0) is 21.1. The zero-order valence-corrected chi connectivity index (χ0v) is 17.2. The van der Waals surface area contributed by atoms with E-state index in [-0.39, 0.29) is 5.12 Å². The minimum absolute atomic E-state index is 0.218. The monoisotopic (exact) mass is 417 g/mol. The second kappa shape index (κ2) is 8.42. The number of aromatic nitrogens is 1. The third-order valence-corrected chi connectivity index (χ3v) is 5.23. The Morgan fingerprint density at radius 3 is 2.50 bits per heavy atom. The summed E-state index contributed by atoms with van der Waals surface area (Å²) in [5, 5.41) is 2.48. The number of aryl methyl sites for hydroxylation is 2. The Morgan fingerprint density at radius 1 is 0.967 bits per heavy atom. The van der Waals surface area contributed by atoms with Crippen molar-refractivity contribution in [3.05, 3.63) is 83.4 Å². The fraction of sp³-hybridized carbons (Fsp3) is 0.0870. The molecule has 0 aliphatic rings. The maximum Gasteiger partial charge on any atom is 0.329 e. The molecule has 1 aromatic heterocycles. The normalized spacial score (nSPS) is 10.7. The molecule has 30 heavy (non-hydrogen) atoms. The molecular formula is C23H19N3O3S. The highest BCUT2D eigenvalue weighted by Gasteiger charge is 2.12. The number of rotatable bonds is 3. The molecule has 0 saturated carbocycles. The molecule has 1 heterocycles. The molecule has 0 spiro atoms. The van der Waals surface area contributed by atoms with E-state index in [1.807, 2.05) is 56.3 Å². The molecule has 2 N–H and O–H groups in total. The molecule has 7 heteroatoms. The molecular weight excluding hydrogens is 398 g/mol. The number of nitrogens with one attached hydrogen (secondary N) is 2. The van der Waals surface area contributed by atoms with Crippen LogP contribution in [0.5, 0.6) is 0 Å². The van der Waals surface area contributed by atoms with Gasteiger partial charge in [-0.15, -0.1) is 0 Å². The van der Waals surface area contributed by atoms with Gasteiger partial charge in [-0.1, -0.05) is 30.3 Å². The van der Waals surface area contributed by atoms with Gasteiger partial charge in [0.1, 0.15) is 5.52 Å². The Balaban J connectivity index is 1.37. The topological polar surface area (TPSA) is 84.2 Å². The van der Waals surface area contributed by atoms with E-state index in [0.717, 1.165) is 39.7 Å². The summed E-state index contributed by atoms with van der Waals surface area (Å²) >= 11 is 0.749. The smallest absolute Gasteiger partial charge is 0.329 e. The Kier molecular flexibility index (Phi) is 5.54. The number of hydrogen-bond donors (Lipinski definition) is 2. The summed E-state index contributed by atoms with van der Waals surface area (Å²) in [6.45, 7) is 3.85.